The van der Waals surface area contributed by atoms with Gasteiger partial charge in [0, 0.05) is 23.8 Å². The van der Waals surface area contributed by atoms with Gasteiger partial charge in [0.2, 0.25) is 5.91 Å². The smallest absolute Gasteiger partial charge is 0.227 e. The molecule has 1 amide bonds. The number of amides is 1. The van der Waals surface area contributed by atoms with Crippen LogP contribution >= 0.6 is 0 Å². The third kappa shape index (κ3) is 4.97. The second-order valence-electron chi connectivity index (χ2n) is 8.23. The number of nitrogens with one attached hydrogen (secondary N) is 1. The van der Waals surface area contributed by atoms with E-state index in [-0.39, 0.29) is 11.8 Å². The summed E-state index contributed by atoms with van der Waals surface area (Å²) in [6.45, 7) is 7.07. The summed E-state index contributed by atoms with van der Waals surface area (Å²) < 4.78 is 1.92. The highest BCUT2D eigenvalue weighted by Gasteiger charge is 2.24. The molecular formula is C25H30N4O. The van der Waals surface area contributed by atoms with Crippen LogP contribution in [0.5, 0.6) is 0 Å². The van der Waals surface area contributed by atoms with Crippen LogP contribution in [0.15, 0.2) is 60.7 Å². The Labute approximate surface area is 178 Å². The Morgan fingerprint density at radius 2 is 1.73 bits per heavy atom. The van der Waals surface area contributed by atoms with Gasteiger partial charge >= 0.3 is 0 Å². The molecule has 0 aliphatic carbocycles. The third-order valence-electron chi connectivity index (χ3n) is 5.91. The monoisotopic (exact) mass is 402 g/mol. The SMILES string of the molecule is Cc1cc(C)n(-c2ccc(NC(=O)C3CCN(CCc4ccccc4)CC3)cc2)n1. The number of carbonyl (C=O) groups excluding carboxylic acids is 1. The lowest BCUT2D eigenvalue weighted by Crippen LogP contribution is -2.39. The molecule has 1 aromatic heterocycles. The van der Waals surface area contributed by atoms with E-state index in [0.29, 0.717) is 0 Å². The molecule has 0 spiro atoms. The van der Waals surface area contributed by atoms with E-state index in [2.05, 4.69) is 51.7 Å². The van der Waals surface area contributed by atoms with Gasteiger partial charge in [-0.15, -0.1) is 0 Å². The Morgan fingerprint density at radius 3 is 2.37 bits per heavy atom. The van der Waals surface area contributed by atoms with Crippen molar-refractivity contribution in [3.63, 3.8) is 0 Å². The molecule has 4 rings (SSSR count). The Hall–Kier alpha value is -2.92. The fraction of sp³-hybridized carbons (Fsp3) is 0.360. The first-order valence-electron chi connectivity index (χ1n) is 10.8. The minimum absolute atomic E-state index is 0.0914. The second kappa shape index (κ2) is 9.26. The van der Waals surface area contributed by atoms with Crippen molar-refractivity contribution in [2.45, 2.75) is 33.1 Å². The van der Waals surface area contributed by atoms with Crippen molar-refractivity contribution in [2.24, 2.45) is 5.92 Å². The molecule has 2 aromatic carbocycles. The molecule has 5 nitrogen and oxygen atoms in total. The summed E-state index contributed by atoms with van der Waals surface area (Å²) in [7, 11) is 0. The van der Waals surface area contributed by atoms with E-state index >= 15 is 0 Å². The number of carbonyl (C=O) groups is 1. The van der Waals surface area contributed by atoms with Crippen LogP contribution in [0.25, 0.3) is 5.69 Å². The number of hydrogen-bond acceptors (Lipinski definition) is 3. The standard InChI is InChI=1S/C25H30N4O/c1-19-18-20(2)29(27-19)24-10-8-23(9-11-24)26-25(30)22-13-16-28(17-14-22)15-12-21-6-4-3-5-7-21/h3-11,18,22H,12-17H2,1-2H3,(H,26,30). The van der Waals surface area contributed by atoms with Crippen molar-refractivity contribution in [3.8, 4) is 5.69 Å². The Balaban J connectivity index is 1.26. The molecule has 1 saturated heterocycles. The number of piperidine rings is 1. The molecule has 1 aliphatic heterocycles. The average Bonchev–Trinajstić information content (AvgIpc) is 3.12. The molecule has 0 unspecified atom stereocenters. The second-order valence-corrected chi connectivity index (χ2v) is 8.23. The molecule has 0 saturated carbocycles. The molecule has 30 heavy (non-hydrogen) atoms. The quantitative estimate of drug-likeness (QED) is 0.666. The Kier molecular flexibility index (Phi) is 6.29. The molecule has 2 heterocycles. The molecule has 1 N–H and O–H groups in total. The number of rotatable bonds is 6. The highest BCUT2D eigenvalue weighted by Crippen LogP contribution is 2.21. The van der Waals surface area contributed by atoms with E-state index in [9.17, 15) is 4.79 Å². The van der Waals surface area contributed by atoms with Gasteiger partial charge in [-0.2, -0.15) is 5.10 Å². The lowest BCUT2D eigenvalue weighted by Gasteiger charge is -2.31. The molecule has 5 heteroatoms. The van der Waals surface area contributed by atoms with Crippen LogP contribution in [0.4, 0.5) is 5.69 Å². The summed E-state index contributed by atoms with van der Waals surface area (Å²) in [5.74, 6) is 0.227. The van der Waals surface area contributed by atoms with Crippen LogP contribution < -0.4 is 5.32 Å². The number of aromatic nitrogens is 2. The minimum atomic E-state index is 0.0914. The van der Waals surface area contributed by atoms with Crippen LogP contribution in [-0.2, 0) is 11.2 Å². The zero-order valence-electron chi connectivity index (χ0n) is 17.8. The summed E-state index contributed by atoms with van der Waals surface area (Å²) in [6.07, 6.45) is 2.91. The summed E-state index contributed by atoms with van der Waals surface area (Å²) in [6, 6.07) is 20.6. The highest BCUT2D eigenvalue weighted by molar-refractivity contribution is 5.92. The molecule has 3 aromatic rings. The maximum absolute atomic E-state index is 12.7. The zero-order valence-corrected chi connectivity index (χ0v) is 17.8. The van der Waals surface area contributed by atoms with Gasteiger partial charge < -0.3 is 10.2 Å². The summed E-state index contributed by atoms with van der Waals surface area (Å²) >= 11 is 0. The van der Waals surface area contributed by atoms with Crippen molar-refractivity contribution in [2.75, 3.05) is 25.0 Å². The summed E-state index contributed by atoms with van der Waals surface area (Å²) in [4.78, 5) is 15.2. The molecule has 156 valence electrons. The van der Waals surface area contributed by atoms with Crippen LogP contribution in [0.3, 0.4) is 0 Å². The molecule has 0 atom stereocenters. The number of nitrogens with zero attached hydrogens (tertiary/aromatic N) is 3. The number of benzene rings is 2. The molecular weight excluding hydrogens is 372 g/mol. The van der Waals surface area contributed by atoms with E-state index in [1.165, 1.54) is 5.56 Å². The van der Waals surface area contributed by atoms with Crippen molar-refractivity contribution in [3.05, 3.63) is 77.6 Å². The van der Waals surface area contributed by atoms with Gasteiger partial charge in [0.25, 0.3) is 0 Å². The average molecular weight is 403 g/mol. The van der Waals surface area contributed by atoms with Gasteiger partial charge in [0.1, 0.15) is 0 Å². The first-order chi connectivity index (χ1) is 14.6. The molecule has 0 bridgehead atoms. The van der Waals surface area contributed by atoms with Gasteiger partial charge in [0.05, 0.1) is 11.4 Å². The third-order valence-corrected chi connectivity index (χ3v) is 5.91. The van der Waals surface area contributed by atoms with Crippen molar-refractivity contribution in [1.29, 1.82) is 0 Å². The maximum atomic E-state index is 12.7. The van der Waals surface area contributed by atoms with Gasteiger partial charge in [-0.1, -0.05) is 30.3 Å². The minimum Gasteiger partial charge on any atom is -0.326 e. The van der Waals surface area contributed by atoms with E-state index in [1.807, 2.05) is 42.8 Å². The van der Waals surface area contributed by atoms with Gasteiger partial charge in [-0.25, -0.2) is 4.68 Å². The summed E-state index contributed by atoms with van der Waals surface area (Å²) in [5.41, 5.74) is 5.33. The largest absolute Gasteiger partial charge is 0.326 e. The first kappa shape index (κ1) is 20.4. The fourth-order valence-electron chi connectivity index (χ4n) is 4.17. The lowest BCUT2D eigenvalue weighted by atomic mass is 9.95. The van der Waals surface area contributed by atoms with Gasteiger partial charge in [-0.3, -0.25) is 4.79 Å². The van der Waals surface area contributed by atoms with E-state index in [1.54, 1.807) is 0 Å². The van der Waals surface area contributed by atoms with E-state index < -0.39 is 0 Å². The predicted octanol–water partition coefficient (Wildman–Crippen LogP) is 4.38. The summed E-state index contributed by atoms with van der Waals surface area (Å²) in [5, 5.41) is 7.61. The van der Waals surface area contributed by atoms with E-state index in [4.69, 9.17) is 0 Å². The molecule has 0 radical (unpaired) electrons. The van der Waals surface area contributed by atoms with Crippen LogP contribution in [0, 0.1) is 19.8 Å². The molecule has 1 aliphatic rings. The van der Waals surface area contributed by atoms with Crippen molar-refractivity contribution >= 4 is 11.6 Å². The van der Waals surface area contributed by atoms with Crippen molar-refractivity contribution in [1.82, 2.24) is 14.7 Å². The topological polar surface area (TPSA) is 50.2 Å². The van der Waals surface area contributed by atoms with Crippen LogP contribution in [-0.4, -0.2) is 40.2 Å². The van der Waals surface area contributed by atoms with Crippen LogP contribution in [0.1, 0.15) is 29.8 Å². The fourth-order valence-corrected chi connectivity index (χ4v) is 4.17. The lowest BCUT2D eigenvalue weighted by molar-refractivity contribution is -0.121. The van der Waals surface area contributed by atoms with Gasteiger partial charge in [0.15, 0.2) is 0 Å². The Morgan fingerprint density at radius 1 is 1.03 bits per heavy atom. The zero-order chi connectivity index (χ0) is 20.9. The number of anilines is 1. The number of aryl methyl sites for hydroxylation is 2. The van der Waals surface area contributed by atoms with Crippen molar-refractivity contribution < 1.29 is 4.79 Å². The van der Waals surface area contributed by atoms with Gasteiger partial charge in [-0.05, 0) is 82.1 Å². The predicted molar refractivity (Wildman–Crippen MR) is 121 cm³/mol. The highest BCUT2D eigenvalue weighted by atomic mass is 16.1. The first-order valence-corrected chi connectivity index (χ1v) is 10.8. The molecule has 1 fully saturated rings. The maximum Gasteiger partial charge on any atom is 0.227 e. The van der Waals surface area contributed by atoms with Crippen LogP contribution in [0.2, 0.25) is 0 Å². The number of hydrogen-bond donors (Lipinski definition) is 1. The van der Waals surface area contributed by atoms with E-state index in [0.717, 1.165) is 61.7 Å². The Bertz CT molecular complexity index is 970. The normalized spacial score (nSPS) is 15.3. The number of likely N-dealkylation sites (tertiary alicyclic amines) is 1.